The fourth-order valence-electron chi connectivity index (χ4n) is 4.93. The van der Waals surface area contributed by atoms with Crippen molar-refractivity contribution >= 4 is 23.7 Å². The molecule has 2 aromatic rings. The average molecular weight is 520 g/mol. The Kier molecular flexibility index (Phi) is 7.75. The first kappa shape index (κ1) is 26.5. The summed E-state index contributed by atoms with van der Waals surface area (Å²) >= 11 is 0. The fourth-order valence-corrected chi connectivity index (χ4v) is 4.93. The van der Waals surface area contributed by atoms with E-state index in [1.807, 2.05) is 31.2 Å². The number of carbonyl (C=O) groups excluding carboxylic acids is 2. The largest absolute Gasteiger partial charge is 0.493 e. The second-order valence-electron chi connectivity index (χ2n) is 9.40. The number of hydrogen-bond donors (Lipinski definition) is 1. The van der Waals surface area contributed by atoms with Crippen molar-refractivity contribution in [2.45, 2.75) is 32.4 Å². The third kappa shape index (κ3) is 6.06. The van der Waals surface area contributed by atoms with Crippen molar-refractivity contribution in [1.82, 2.24) is 9.80 Å². The zero-order chi connectivity index (χ0) is 26.6. The number of para-hydroxylation sites is 1. The van der Waals surface area contributed by atoms with Gasteiger partial charge in [0.25, 0.3) is 0 Å². The zero-order valence-corrected chi connectivity index (χ0v) is 20.5. The number of alkyl halides is 3. The van der Waals surface area contributed by atoms with Gasteiger partial charge >= 0.3 is 12.2 Å². The fraction of sp³-hybridized carbons (Fsp3) is 0.407. The summed E-state index contributed by atoms with van der Waals surface area (Å²) in [7, 11) is 0. The summed E-state index contributed by atoms with van der Waals surface area (Å²) in [6.07, 6.45) is 0.536. The Morgan fingerprint density at radius 3 is 2.38 bits per heavy atom. The lowest BCUT2D eigenvalue weighted by Crippen LogP contribution is -2.44. The van der Waals surface area contributed by atoms with Crippen molar-refractivity contribution in [3.05, 3.63) is 65.5 Å². The minimum Gasteiger partial charge on any atom is -0.493 e. The maximum Gasteiger partial charge on any atom is 0.419 e. The molecule has 0 radical (unpaired) electrons. The molecule has 0 unspecified atom stereocenters. The number of carbonyl (C=O) groups is 2. The van der Waals surface area contributed by atoms with E-state index in [2.05, 4.69) is 5.32 Å². The molecule has 4 rings (SSSR count). The van der Waals surface area contributed by atoms with Crippen LogP contribution in [0.4, 0.5) is 28.0 Å². The molecule has 0 bridgehead atoms. The normalized spacial score (nSPS) is 17.4. The van der Waals surface area contributed by atoms with E-state index in [4.69, 9.17) is 4.74 Å². The van der Waals surface area contributed by atoms with Crippen molar-refractivity contribution in [3.8, 4) is 5.75 Å². The van der Waals surface area contributed by atoms with Gasteiger partial charge in [-0.15, -0.1) is 0 Å². The molecule has 0 saturated carbocycles. The maximum atomic E-state index is 14.3. The van der Waals surface area contributed by atoms with Gasteiger partial charge in [0.05, 0.1) is 17.9 Å². The molecule has 6 nitrogen and oxygen atoms in total. The van der Waals surface area contributed by atoms with Crippen LogP contribution in [0.15, 0.2) is 48.5 Å². The second kappa shape index (κ2) is 10.8. The highest BCUT2D eigenvalue weighted by Gasteiger charge is 2.43. The van der Waals surface area contributed by atoms with Crippen molar-refractivity contribution in [2.24, 2.45) is 5.41 Å². The molecule has 198 valence electrons. The number of anilines is 1. The van der Waals surface area contributed by atoms with Crippen molar-refractivity contribution in [1.29, 1.82) is 0 Å². The topological polar surface area (TPSA) is 61.9 Å². The van der Waals surface area contributed by atoms with Gasteiger partial charge in [-0.05, 0) is 55.9 Å². The minimum atomic E-state index is -4.85. The van der Waals surface area contributed by atoms with Crippen molar-refractivity contribution < 1.29 is 31.9 Å². The molecular weight excluding hydrogens is 490 g/mol. The Hall–Kier alpha value is -3.56. The summed E-state index contributed by atoms with van der Waals surface area (Å²) in [5.74, 6) is -0.893. The van der Waals surface area contributed by atoms with Crippen molar-refractivity contribution in [2.75, 3.05) is 38.1 Å². The average Bonchev–Trinajstić information content (AvgIpc) is 3.28. The van der Waals surface area contributed by atoms with Gasteiger partial charge in [0.15, 0.2) is 5.82 Å². The highest BCUT2D eigenvalue weighted by atomic mass is 19.4. The number of likely N-dealkylation sites (tertiary alicyclic amines) is 2. The molecule has 1 N–H and O–H groups in total. The molecule has 10 heteroatoms. The summed E-state index contributed by atoms with van der Waals surface area (Å²) in [6.45, 7) is 4.30. The van der Waals surface area contributed by atoms with E-state index in [-0.39, 0.29) is 11.3 Å². The number of ether oxygens (including phenoxy) is 1. The Balaban J connectivity index is 1.32. The van der Waals surface area contributed by atoms with E-state index in [1.54, 1.807) is 11.0 Å². The third-order valence-corrected chi connectivity index (χ3v) is 7.03. The Bertz CT molecular complexity index is 1170. The van der Waals surface area contributed by atoms with Crippen LogP contribution in [0.5, 0.6) is 5.75 Å². The number of benzene rings is 2. The molecule has 0 atom stereocenters. The van der Waals surface area contributed by atoms with Crippen molar-refractivity contribution in [3.63, 3.8) is 0 Å². The predicted molar refractivity (Wildman–Crippen MR) is 132 cm³/mol. The summed E-state index contributed by atoms with van der Waals surface area (Å²) in [4.78, 5) is 28.7. The van der Waals surface area contributed by atoms with E-state index in [9.17, 15) is 27.2 Å². The van der Waals surface area contributed by atoms with Crippen LogP contribution in [0.1, 0.15) is 37.3 Å². The summed E-state index contributed by atoms with van der Waals surface area (Å²) < 4.78 is 58.8. The highest BCUT2D eigenvalue weighted by Crippen LogP contribution is 2.41. The lowest BCUT2D eigenvalue weighted by molar-refractivity contribution is -0.139. The Morgan fingerprint density at radius 1 is 1.03 bits per heavy atom. The minimum absolute atomic E-state index is 0.103. The van der Waals surface area contributed by atoms with E-state index in [0.29, 0.717) is 63.9 Å². The molecule has 2 heterocycles. The van der Waals surface area contributed by atoms with Crippen LogP contribution >= 0.6 is 0 Å². The van der Waals surface area contributed by atoms with Crippen LogP contribution in [0, 0.1) is 11.2 Å². The summed E-state index contributed by atoms with van der Waals surface area (Å²) in [6, 6.07) is 9.64. The number of rotatable bonds is 5. The quantitative estimate of drug-likeness (QED) is 0.401. The maximum absolute atomic E-state index is 14.3. The molecule has 2 aliphatic heterocycles. The van der Waals surface area contributed by atoms with E-state index < -0.39 is 29.3 Å². The Morgan fingerprint density at radius 2 is 1.70 bits per heavy atom. The molecule has 0 aliphatic carbocycles. The van der Waals surface area contributed by atoms with Gasteiger partial charge in [-0.2, -0.15) is 13.2 Å². The van der Waals surface area contributed by atoms with Gasteiger partial charge in [0.1, 0.15) is 5.75 Å². The smallest absolute Gasteiger partial charge is 0.419 e. The first-order chi connectivity index (χ1) is 17.6. The molecule has 2 aliphatic rings. The van der Waals surface area contributed by atoms with Gasteiger partial charge < -0.3 is 19.9 Å². The van der Waals surface area contributed by atoms with Gasteiger partial charge in [0, 0.05) is 37.8 Å². The first-order valence-electron chi connectivity index (χ1n) is 12.2. The van der Waals surface area contributed by atoms with Gasteiger partial charge in [-0.1, -0.05) is 24.3 Å². The number of hydrogen-bond acceptors (Lipinski definition) is 3. The SMILES string of the molecule is CCOc1ccccc1C=CC(=O)N1CCC2(CC1)CCN(C(=O)Nc1cccc(C(F)(F)F)c1F)C2. The molecule has 2 saturated heterocycles. The van der Waals surface area contributed by atoms with E-state index in [1.165, 1.54) is 11.0 Å². The number of urea groups is 1. The molecule has 37 heavy (non-hydrogen) atoms. The molecule has 3 amide bonds. The standard InChI is InChI=1S/C27H29F4N3O3/c1-2-37-22-9-4-3-6-19(22)10-11-23(35)33-15-12-26(13-16-33)14-17-34(18-26)25(36)32-21-8-5-7-20(24(21)28)27(29,30)31/h3-11H,2,12-18H2,1H3,(H,32,36). The van der Waals surface area contributed by atoms with Crippen LogP contribution in [-0.2, 0) is 11.0 Å². The monoisotopic (exact) mass is 519 g/mol. The lowest BCUT2D eigenvalue weighted by atomic mass is 9.78. The number of nitrogens with zero attached hydrogens (tertiary/aromatic N) is 2. The summed E-state index contributed by atoms with van der Waals surface area (Å²) in [5.41, 5.74) is -1.28. The van der Waals surface area contributed by atoms with E-state index in [0.717, 1.165) is 17.7 Å². The second-order valence-corrected chi connectivity index (χ2v) is 9.40. The van der Waals surface area contributed by atoms with Crippen LogP contribution in [-0.4, -0.2) is 54.5 Å². The van der Waals surface area contributed by atoms with Gasteiger partial charge in [-0.25, -0.2) is 9.18 Å². The number of amides is 3. The van der Waals surface area contributed by atoms with Crippen LogP contribution in [0.2, 0.25) is 0 Å². The van der Waals surface area contributed by atoms with Gasteiger partial charge in [0.2, 0.25) is 5.91 Å². The first-order valence-corrected chi connectivity index (χ1v) is 12.2. The third-order valence-electron chi connectivity index (χ3n) is 7.03. The summed E-state index contributed by atoms with van der Waals surface area (Å²) in [5, 5.41) is 2.29. The highest BCUT2D eigenvalue weighted by molar-refractivity contribution is 5.92. The number of halogens is 4. The molecular formula is C27H29F4N3O3. The number of piperidine rings is 1. The predicted octanol–water partition coefficient (Wildman–Crippen LogP) is 5.80. The molecule has 0 aromatic heterocycles. The number of nitrogens with one attached hydrogen (secondary N) is 1. The van der Waals surface area contributed by atoms with Crippen LogP contribution in [0.25, 0.3) is 6.08 Å². The molecule has 2 aromatic carbocycles. The van der Waals surface area contributed by atoms with Crippen LogP contribution in [0.3, 0.4) is 0 Å². The molecule has 1 spiro atoms. The zero-order valence-electron chi connectivity index (χ0n) is 20.5. The van der Waals surface area contributed by atoms with Gasteiger partial charge in [-0.3, -0.25) is 4.79 Å². The van der Waals surface area contributed by atoms with Crippen LogP contribution < -0.4 is 10.1 Å². The Labute approximate surface area is 212 Å². The van der Waals surface area contributed by atoms with E-state index >= 15 is 0 Å². The molecule has 2 fully saturated rings. The lowest BCUT2D eigenvalue weighted by Gasteiger charge is -2.38.